The van der Waals surface area contributed by atoms with E-state index in [0.717, 1.165) is 26.1 Å². The molecule has 2 unspecified atom stereocenters. The molecule has 0 aromatic carbocycles. The summed E-state index contributed by atoms with van der Waals surface area (Å²) >= 11 is 0. The normalized spacial score (nSPS) is 35.9. The number of nitrogens with zero attached hydrogens (tertiary/aromatic N) is 1. The van der Waals surface area contributed by atoms with E-state index in [2.05, 4.69) is 12.2 Å². The number of morpholine rings is 1. The van der Waals surface area contributed by atoms with Crippen LogP contribution in [0.1, 0.15) is 26.2 Å². The molecule has 0 aromatic heterocycles. The maximum atomic E-state index is 12.5. The summed E-state index contributed by atoms with van der Waals surface area (Å²) in [5, 5.41) is 3.38. The van der Waals surface area contributed by atoms with E-state index in [1.807, 2.05) is 4.90 Å². The highest BCUT2D eigenvalue weighted by Crippen LogP contribution is 2.59. The molecule has 17 heavy (non-hydrogen) atoms. The molecule has 4 heteroatoms. The minimum absolute atomic E-state index is 0.260. The van der Waals surface area contributed by atoms with Crippen LogP contribution >= 0.6 is 0 Å². The average Bonchev–Trinajstić information content (AvgIpc) is 3.04. The standard InChI is InChI=1S/C13H22N2O2/c1-10-9-17-7-6-15(10)12(16)11-8-13(11)2-4-14-5-3-13/h10-11,14H,2-9H2,1H3. The molecule has 4 nitrogen and oxygen atoms in total. The van der Waals surface area contributed by atoms with Gasteiger partial charge in [-0.1, -0.05) is 0 Å². The maximum absolute atomic E-state index is 12.5. The Morgan fingerprint density at radius 2 is 2.18 bits per heavy atom. The number of carbonyl (C=O) groups is 1. The van der Waals surface area contributed by atoms with E-state index < -0.39 is 0 Å². The largest absolute Gasteiger partial charge is 0.377 e. The predicted molar refractivity (Wildman–Crippen MR) is 64.6 cm³/mol. The van der Waals surface area contributed by atoms with E-state index in [1.165, 1.54) is 12.8 Å². The van der Waals surface area contributed by atoms with Crippen LogP contribution in [-0.2, 0) is 9.53 Å². The van der Waals surface area contributed by atoms with Crippen molar-refractivity contribution in [2.45, 2.75) is 32.2 Å². The van der Waals surface area contributed by atoms with Crippen LogP contribution in [0.5, 0.6) is 0 Å². The van der Waals surface area contributed by atoms with Gasteiger partial charge in [-0.05, 0) is 44.7 Å². The second-order valence-electron chi connectivity index (χ2n) is 5.82. The van der Waals surface area contributed by atoms with Crippen LogP contribution in [0.15, 0.2) is 0 Å². The Morgan fingerprint density at radius 3 is 2.88 bits per heavy atom. The number of hydrogen-bond acceptors (Lipinski definition) is 3. The van der Waals surface area contributed by atoms with Crippen LogP contribution in [0.25, 0.3) is 0 Å². The number of amides is 1. The molecule has 96 valence electrons. The molecule has 1 spiro atoms. The number of ether oxygens (including phenoxy) is 1. The average molecular weight is 238 g/mol. The van der Waals surface area contributed by atoms with Crippen LogP contribution in [0.2, 0.25) is 0 Å². The minimum Gasteiger partial charge on any atom is -0.377 e. The molecular weight excluding hydrogens is 216 g/mol. The first-order chi connectivity index (χ1) is 8.23. The Bertz CT molecular complexity index is 313. The summed E-state index contributed by atoms with van der Waals surface area (Å²) in [5.74, 6) is 0.702. The summed E-state index contributed by atoms with van der Waals surface area (Å²) in [5.41, 5.74) is 0.361. The summed E-state index contributed by atoms with van der Waals surface area (Å²) < 4.78 is 5.40. The van der Waals surface area contributed by atoms with Crippen molar-refractivity contribution >= 4 is 5.91 Å². The van der Waals surface area contributed by atoms with Gasteiger partial charge in [0.25, 0.3) is 0 Å². The lowest BCUT2D eigenvalue weighted by Crippen LogP contribution is -2.48. The van der Waals surface area contributed by atoms with Gasteiger partial charge in [0.2, 0.25) is 5.91 Å². The lowest BCUT2D eigenvalue weighted by Gasteiger charge is -2.34. The van der Waals surface area contributed by atoms with Gasteiger partial charge in [0, 0.05) is 12.5 Å². The molecule has 1 aliphatic carbocycles. The molecule has 0 aromatic rings. The van der Waals surface area contributed by atoms with Crippen LogP contribution in [0.3, 0.4) is 0 Å². The first kappa shape index (κ1) is 11.5. The van der Waals surface area contributed by atoms with Gasteiger partial charge in [0.1, 0.15) is 0 Å². The van der Waals surface area contributed by atoms with Crippen LogP contribution < -0.4 is 5.32 Å². The fraction of sp³-hybridized carbons (Fsp3) is 0.923. The molecule has 2 heterocycles. The first-order valence-corrected chi connectivity index (χ1v) is 6.82. The molecule has 2 aliphatic heterocycles. The molecule has 3 rings (SSSR count). The Morgan fingerprint density at radius 1 is 1.41 bits per heavy atom. The van der Waals surface area contributed by atoms with Crippen LogP contribution in [-0.4, -0.2) is 49.7 Å². The Hall–Kier alpha value is -0.610. The fourth-order valence-electron chi connectivity index (χ4n) is 3.43. The molecular formula is C13H22N2O2. The van der Waals surface area contributed by atoms with Gasteiger partial charge in [-0.3, -0.25) is 4.79 Å². The molecule has 2 atom stereocenters. The highest BCUT2D eigenvalue weighted by atomic mass is 16.5. The maximum Gasteiger partial charge on any atom is 0.226 e. The van der Waals surface area contributed by atoms with Gasteiger partial charge in [-0.25, -0.2) is 0 Å². The zero-order valence-corrected chi connectivity index (χ0v) is 10.6. The van der Waals surface area contributed by atoms with Crippen molar-refractivity contribution in [3.8, 4) is 0 Å². The van der Waals surface area contributed by atoms with Crippen molar-refractivity contribution in [2.75, 3.05) is 32.8 Å². The van der Waals surface area contributed by atoms with E-state index in [0.29, 0.717) is 30.5 Å². The van der Waals surface area contributed by atoms with Crippen molar-refractivity contribution < 1.29 is 9.53 Å². The van der Waals surface area contributed by atoms with Gasteiger partial charge in [-0.2, -0.15) is 0 Å². The van der Waals surface area contributed by atoms with Crippen molar-refractivity contribution in [1.82, 2.24) is 10.2 Å². The molecule has 0 bridgehead atoms. The Kier molecular flexibility index (Phi) is 2.87. The molecule has 1 saturated carbocycles. The molecule has 2 saturated heterocycles. The van der Waals surface area contributed by atoms with E-state index >= 15 is 0 Å². The molecule has 0 radical (unpaired) electrons. The predicted octanol–water partition coefficient (Wildman–Crippen LogP) is 0.623. The van der Waals surface area contributed by atoms with E-state index in [9.17, 15) is 4.79 Å². The third kappa shape index (κ3) is 1.97. The van der Waals surface area contributed by atoms with Crippen molar-refractivity contribution in [3.63, 3.8) is 0 Å². The third-order valence-corrected chi connectivity index (χ3v) is 4.74. The van der Waals surface area contributed by atoms with Gasteiger partial charge in [0.05, 0.1) is 19.3 Å². The lowest BCUT2D eigenvalue weighted by molar-refractivity contribution is -0.141. The SMILES string of the molecule is CC1COCCN1C(=O)C1CC12CCNCC2. The van der Waals surface area contributed by atoms with Crippen molar-refractivity contribution in [1.29, 1.82) is 0 Å². The van der Waals surface area contributed by atoms with E-state index in [4.69, 9.17) is 4.74 Å². The van der Waals surface area contributed by atoms with Crippen LogP contribution in [0.4, 0.5) is 0 Å². The number of rotatable bonds is 1. The highest BCUT2D eigenvalue weighted by Gasteiger charge is 2.58. The first-order valence-electron chi connectivity index (χ1n) is 6.82. The smallest absolute Gasteiger partial charge is 0.226 e. The number of nitrogens with one attached hydrogen (secondary N) is 1. The zero-order chi connectivity index (χ0) is 11.9. The zero-order valence-electron chi connectivity index (χ0n) is 10.6. The molecule has 1 N–H and O–H groups in total. The van der Waals surface area contributed by atoms with E-state index in [1.54, 1.807) is 0 Å². The summed E-state index contributed by atoms with van der Waals surface area (Å²) in [6.45, 7) is 6.45. The van der Waals surface area contributed by atoms with E-state index in [-0.39, 0.29) is 6.04 Å². The summed E-state index contributed by atoms with van der Waals surface area (Å²) in [4.78, 5) is 14.5. The van der Waals surface area contributed by atoms with Crippen molar-refractivity contribution in [3.05, 3.63) is 0 Å². The monoisotopic (exact) mass is 238 g/mol. The van der Waals surface area contributed by atoms with Gasteiger partial charge >= 0.3 is 0 Å². The number of piperidine rings is 1. The highest BCUT2D eigenvalue weighted by molar-refractivity contribution is 5.83. The Balaban J connectivity index is 1.63. The second kappa shape index (κ2) is 4.25. The van der Waals surface area contributed by atoms with Gasteiger partial charge in [0.15, 0.2) is 0 Å². The fourth-order valence-corrected chi connectivity index (χ4v) is 3.43. The Labute approximate surface area is 103 Å². The minimum atomic E-state index is 0.260. The molecule has 1 amide bonds. The second-order valence-corrected chi connectivity index (χ2v) is 5.82. The molecule has 3 aliphatic rings. The third-order valence-electron chi connectivity index (χ3n) is 4.74. The quantitative estimate of drug-likeness (QED) is 0.728. The van der Waals surface area contributed by atoms with Crippen LogP contribution in [0, 0.1) is 11.3 Å². The number of hydrogen-bond donors (Lipinski definition) is 1. The summed E-state index contributed by atoms with van der Waals surface area (Å²) in [6, 6.07) is 0.260. The topological polar surface area (TPSA) is 41.6 Å². The number of carbonyl (C=O) groups excluding carboxylic acids is 1. The van der Waals surface area contributed by atoms with Gasteiger partial charge < -0.3 is 15.0 Å². The summed E-state index contributed by atoms with van der Waals surface area (Å²) in [7, 11) is 0. The summed E-state index contributed by atoms with van der Waals surface area (Å²) in [6.07, 6.45) is 3.49. The lowest BCUT2D eigenvalue weighted by atomic mass is 9.91. The van der Waals surface area contributed by atoms with Gasteiger partial charge in [-0.15, -0.1) is 0 Å². The molecule has 3 fully saturated rings. The van der Waals surface area contributed by atoms with Crippen molar-refractivity contribution in [2.24, 2.45) is 11.3 Å².